The fraction of sp³-hybridized carbons (Fsp3) is 0.308. The molecule has 2 N–H and O–H groups in total. The quantitative estimate of drug-likeness (QED) is 0.810. The first-order valence-electron chi connectivity index (χ1n) is 6.69. The molecule has 0 amide bonds. The molecular formula is C13H11F4N3O2S2. The number of nitrogen functional groups attached to an aromatic ring is 1. The number of sulfone groups is 1. The number of anilines is 2. The summed E-state index contributed by atoms with van der Waals surface area (Å²) in [6, 6.07) is 2.37. The normalized spacial score (nSPS) is 15.4. The van der Waals surface area contributed by atoms with Crippen molar-refractivity contribution in [2.75, 3.05) is 17.2 Å². The van der Waals surface area contributed by atoms with Gasteiger partial charge in [-0.3, -0.25) is 0 Å². The number of nitrogens with two attached hydrogens (primary N) is 1. The first kappa shape index (κ1) is 17.0. The highest BCUT2D eigenvalue weighted by Gasteiger charge is 2.48. The van der Waals surface area contributed by atoms with Gasteiger partial charge in [-0.1, -0.05) is 0 Å². The van der Waals surface area contributed by atoms with E-state index in [0.717, 1.165) is 22.7 Å². The molecule has 1 aromatic heterocycles. The van der Waals surface area contributed by atoms with Crippen molar-refractivity contribution in [1.29, 1.82) is 0 Å². The van der Waals surface area contributed by atoms with Crippen LogP contribution in [0.1, 0.15) is 10.6 Å². The predicted molar refractivity (Wildman–Crippen MR) is 80.9 cm³/mol. The van der Waals surface area contributed by atoms with Gasteiger partial charge in [0.05, 0.1) is 17.9 Å². The molecule has 0 saturated heterocycles. The summed E-state index contributed by atoms with van der Waals surface area (Å²) in [5.41, 5.74) is 0.663. The lowest BCUT2D eigenvalue weighted by atomic mass is 10.1. The van der Waals surface area contributed by atoms with Gasteiger partial charge in [0.2, 0.25) is 0 Å². The Morgan fingerprint density at radius 3 is 2.67 bits per heavy atom. The van der Waals surface area contributed by atoms with E-state index in [2.05, 4.69) is 4.98 Å². The molecule has 11 heteroatoms. The Labute approximate surface area is 138 Å². The number of benzene rings is 1. The second-order valence-corrected chi connectivity index (χ2v) is 8.18. The summed E-state index contributed by atoms with van der Waals surface area (Å²) < 4.78 is 75.6. The first-order chi connectivity index (χ1) is 11.1. The number of halogens is 4. The standard InChI is InChI=1S/C13H11F4N3O2S2/c14-7-1-2-9(11(5-7)24(21,22)13(15,16)17)20-4-3-8-10(6-20)23-12(18)19-8/h1-2,5H,3-4,6H2,(H2,18,19). The Hall–Kier alpha value is -1.88. The number of hydrogen-bond donors (Lipinski definition) is 1. The first-order valence-corrected chi connectivity index (χ1v) is 8.99. The summed E-state index contributed by atoms with van der Waals surface area (Å²) in [5, 5.41) is 0.337. The number of aromatic nitrogens is 1. The molecule has 1 aliphatic heterocycles. The minimum Gasteiger partial charge on any atom is -0.375 e. The Kier molecular flexibility index (Phi) is 3.95. The maximum Gasteiger partial charge on any atom is 0.501 e. The molecule has 0 unspecified atom stereocenters. The van der Waals surface area contributed by atoms with Crippen LogP contribution in [0.2, 0.25) is 0 Å². The highest BCUT2D eigenvalue weighted by atomic mass is 32.2. The van der Waals surface area contributed by atoms with Crippen molar-refractivity contribution in [2.45, 2.75) is 23.4 Å². The molecule has 5 nitrogen and oxygen atoms in total. The van der Waals surface area contributed by atoms with Crippen LogP contribution < -0.4 is 10.6 Å². The summed E-state index contributed by atoms with van der Waals surface area (Å²) in [6.45, 7) is 0.415. The zero-order chi connectivity index (χ0) is 17.7. The Morgan fingerprint density at radius 2 is 2.00 bits per heavy atom. The van der Waals surface area contributed by atoms with Gasteiger partial charge < -0.3 is 10.6 Å². The Bertz CT molecular complexity index is 893. The maximum atomic E-state index is 13.4. The fourth-order valence-electron chi connectivity index (χ4n) is 2.51. The van der Waals surface area contributed by atoms with E-state index in [1.165, 1.54) is 16.2 Å². The van der Waals surface area contributed by atoms with Gasteiger partial charge >= 0.3 is 5.51 Å². The van der Waals surface area contributed by atoms with E-state index in [4.69, 9.17) is 5.73 Å². The molecule has 2 heterocycles. The topological polar surface area (TPSA) is 76.3 Å². The number of fused-ring (bicyclic) bond motifs is 1. The average molecular weight is 381 g/mol. The largest absolute Gasteiger partial charge is 0.501 e. The van der Waals surface area contributed by atoms with Crippen molar-refractivity contribution in [2.24, 2.45) is 0 Å². The van der Waals surface area contributed by atoms with Gasteiger partial charge in [0.1, 0.15) is 10.7 Å². The molecular weight excluding hydrogens is 370 g/mol. The van der Waals surface area contributed by atoms with E-state index in [1.54, 1.807) is 0 Å². The van der Waals surface area contributed by atoms with E-state index < -0.39 is 26.1 Å². The molecule has 0 bridgehead atoms. The minimum absolute atomic E-state index is 0.163. The lowest BCUT2D eigenvalue weighted by Crippen LogP contribution is -2.32. The SMILES string of the molecule is Nc1nc2c(s1)CN(c1ccc(F)cc1S(=O)(=O)C(F)(F)F)CC2. The second kappa shape index (κ2) is 5.59. The zero-order valence-corrected chi connectivity index (χ0v) is 13.6. The maximum absolute atomic E-state index is 13.4. The van der Waals surface area contributed by atoms with Crippen LogP contribution >= 0.6 is 11.3 Å². The minimum atomic E-state index is -5.67. The van der Waals surface area contributed by atoms with Crippen LogP contribution in [0.4, 0.5) is 28.4 Å². The fourth-order valence-corrected chi connectivity index (χ4v) is 4.39. The summed E-state index contributed by atoms with van der Waals surface area (Å²) >= 11 is 1.19. The van der Waals surface area contributed by atoms with Gasteiger partial charge in [0.15, 0.2) is 5.13 Å². The third kappa shape index (κ3) is 2.81. The number of rotatable bonds is 2. The van der Waals surface area contributed by atoms with Gasteiger partial charge in [0.25, 0.3) is 9.84 Å². The van der Waals surface area contributed by atoms with Crippen LogP contribution in [0.5, 0.6) is 0 Å². The van der Waals surface area contributed by atoms with Gasteiger partial charge in [0, 0.05) is 17.8 Å². The van der Waals surface area contributed by atoms with Crippen LogP contribution in [0.15, 0.2) is 23.1 Å². The molecule has 0 fully saturated rings. The highest BCUT2D eigenvalue weighted by molar-refractivity contribution is 7.92. The highest BCUT2D eigenvalue weighted by Crippen LogP contribution is 2.38. The third-order valence-electron chi connectivity index (χ3n) is 3.60. The molecule has 130 valence electrons. The number of alkyl halides is 3. The lowest BCUT2D eigenvalue weighted by molar-refractivity contribution is -0.0435. The molecule has 0 spiro atoms. The van der Waals surface area contributed by atoms with Crippen LogP contribution in [0, 0.1) is 5.82 Å². The van der Waals surface area contributed by atoms with Crippen molar-refractivity contribution < 1.29 is 26.0 Å². The van der Waals surface area contributed by atoms with Gasteiger partial charge in [-0.05, 0) is 18.2 Å². The molecule has 0 radical (unpaired) electrons. The van der Waals surface area contributed by atoms with Crippen LogP contribution in [0.25, 0.3) is 0 Å². The second-order valence-electron chi connectivity index (χ2n) is 5.15. The van der Waals surface area contributed by atoms with Gasteiger partial charge in [-0.2, -0.15) is 13.2 Å². The van der Waals surface area contributed by atoms with Crippen molar-refractivity contribution in [1.82, 2.24) is 4.98 Å². The number of thiazole rings is 1. The van der Waals surface area contributed by atoms with E-state index >= 15 is 0 Å². The van der Waals surface area contributed by atoms with E-state index in [9.17, 15) is 26.0 Å². The number of nitrogens with zero attached hydrogens (tertiary/aromatic N) is 2. The molecule has 2 aromatic rings. The molecule has 0 atom stereocenters. The summed E-state index contributed by atoms with van der Waals surface area (Å²) in [7, 11) is -5.67. The van der Waals surface area contributed by atoms with Crippen molar-refractivity contribution in [3.63, 3.8) is 0 Å². The van der Waals surface area contributed by atoms with Gasteiger partial charge in [-0.15, -0.1) is 11.3 Å². The third-order valence-corrected chi connectivity index (χ3v) is 6.03. The monoisotopic (exact) mass is 381 g/mol. The van der Waals surface area contributed by atoms with Crippen molar-refractivity contribution >= 4 is 32.0 Å². The molecule has 1 aromatic carbocycles. The molecule has 24 heavy (non-hydrogen) atoms. The van der Waals surface area contributed by atoms with Crippen molar-refractivity contribution in [3.05, 3.63) is 34.6 Å². The Balaban J connectivity index is 2.07. The Morgan fingerprint density at radius 1 is 1.29 bits per heavy atom. The summed E-state index contributed by atoms with van der Waals surface area (Å²) in [6.07, 6.45) is 0.409. The van der Waals surface area contributed by atoms with Crippen molar-refractivity contribution in [3.8, 4) is 0 Å². The van der Waals surface area contributed by atoms with Crippen LogP contribution in [0.3, 0.4) is 0 Å². The van der Waals surface area contributed by atoms with Crippen LogP contribution in [-0.4, -0.2) is 25.5 Å². The number of hydrogen-bond acceptors (Lipinski definition) is 6. The molecule has 0 aliphatic carbocycles. The summed E-state index contributed by atoms with van der Waals surface area (Å²) in [4.78, 5) is 5.23. The lowest BCUT2D eigenvalue weighted by Gasteiger charge is -2.30. The predicted octanol–water partition coefficient (Wildman–Crippen LogP) is 2.72. The van der Waals surface area contributed by atoms with E-state index in [-0.39, 0.29) is 18.8 Å². The average Bonchev–Trinajstić information content (AvgIpc) is 2.85. The van der Waals surface area contributed by atoms with E-state index in [0.29, 0.717) is 17.6 Å². The zero-order valence-electron chi connectivity index (χ0n) is 12.0. The molecule has 0 saturated carbocycles. The molecule has 1 aliphatic rings. The van der Waals surface area contributed by atoms with Crippen LogP contribution in [-0.2, 0) is 22.8 Å². The summed E-state index contributed by atoms with van der Waals surface area (Å²) in [5.74, 6) is -1.05. The van der Waals surface area contributed by atoms with Gasteiger partial charge in [-0.25, -0.2) is 17.8 Å². The molecule has 3 rings (SSSR count). The smallest absolute Gasteiger partial charge is 0.375 e. The van der Waals surface area contributed by atoms with E-state index in [1.807, 2.05) is 0 Å².